The Kier molecular flexibility index (Phi) is 1.73. The van der Waals surface area contributed by atoms with Gasteiger partial charge in [0.25, 0.3) is 0 Å². The molecule has 3 heteroatoms. The van der Waals surface area contributed by atoms with Crippen molar-refractivity contribution >= 4 is 15.9 Å². The van der Waals surface area contributed by atoms with Crippen molar-refractivity contribution in [2.45, 2.75) is 18.4 Å². The lowest BCUT2D eigenvalue weighted by Crippen LogP contribution is -2.07. The fourth-order valence-corrected chi connectivity index (χ4v) is 1.62. The van der Waals surface area contributed by atoms with Gasteiger partial charge in [-0.05, 0) is 34.8 Å². The molecule has 1 aromatic carbocycles. The van der Waals surface area contributed by atoms with E-state index in [0.29, 0.717) is 22.9 Å². The Hall–Kier alpha value is -0.410. The molecule has 1 aromatic rings. The van der Waals surface area contributed by atoms with E-state index >= 15 is 0 Å². The van der Waals surface area contributed by atoms with Gasteiger partial charge in [-0.2, -0.15) is 0 Å². The van der Waals surface area contributed by atoms with Gasteiger partial charge in [0.05, 0.1) is 10.1 Å². The maximum absolute atomic E-state index is 13.3. The average Bonchev–Trinajstić information content (AvgIpc) is 2.75. The van der Waals surface area contributed by atoms with Crippen LogP contribution in [0.5, 0.6) is 0 Å². The molecule has 0 bridgehead atoms. The highest BCUT2D eigenvalue weighted by Gasteiger charge is 2.44. The third-order valence-corrected chi connectivity index (χ3v) is 2.79. The van der Waals surface area contributed by atoms with Crippen molar-refractivity contribution in [2.75, 3.05) is 0 Å². The molecule has 1 saturated carbocycles. The molecule has 1 aliphatic rings. The van der Waals surface area contributed by atoms with Crippen molar-refractivity contribution in [1.82, 2.24) is 0 Å². The van der Waals surface area contributed by atoms with E-state index in [4.69, 9.17) is 0 Å². The van der Waals surface area contributed by atoms with E-state index < -0.39 is 5.60 Å². The second-order valence-electron chi connectivity index (χ2n) is 3.13. The van der Waals surface area contributed by atoms with Crippen LogP contribution in [0.25, 0.3) is 0 Å². The predicted octanol–water partition coefficient (Wildman–Crippen LogP) is 2.57. The Morgan fingerprint density at radius 2 is 2.08 bits per heavy atom. The van der Waals surface area contributed by atoms with Crippen molar-refractivity contribution in [3.05, 3.63) is 34.1 Å². The van der Waals surface area contributed by atoms with E-state index in [-0.39, 0.29) is 5.82 Å². The zero-order chi connectivity index (χ0) is 8.77. The van der Waals surface area contributed by atoms with Gasteiger partial charge in [-0.25, -0.2) is 4.39 Å². The first-order valence-electron chi connectivity index (χ1n) is 3.80. The van der Waals surface area contributed by atoms with Gasteiger partial charge in [-0.15, -0.1) is 0 Å². The standard InChI is InChI=1S/C9H8BrFO/c10-7-3-1-2-6(8(7)11)9(12)4-5-9/h1-3,12H,4-5H2. The molecule has 12 heavy (non-hydrogen) atoms. The molecule has 0 aliphatic heterocycles. The van der Waals surface area contributed by atoms with Crippen LogP contribution >= 0.6 is 15.9 Å². The summed E-state index contributed by atoms with van der Waals surface area (Å²) in [7, 11) is 0. The van der Waals surface area contributed by atoms with E-state index in [9.17, 15) is 9.50 Å². The summed E-state index contributed by atoms with van der Waals surface area (Å²) >= 11 is 3.08. The molecule has 0 atom stereocenters. The first-order valence-corrected chi connectivity index (χ1v) is 4.60. The Bertz CT molecular complexity index is 320. The molecule has 1 fully saturated rings. The van der Waals surface area contributed by atoms with Crippen molar-refractivity contribution in [3.63, 3.8) is 0 Å². The molecule has 1 nitrogen and oxygen atoms in total. The first-order chi connectivity index (χ1) is 5.63. The van der Waals surface area contributed by atoms with Gasteiger partial charge in [0, 0.05) is 5.56 Å². The summed E-state index contributed by atoms with van der Waals surface area (Å²) in [6, 6.07) is 5.00. The van der Waals surface area contributed by atoms with Crippen LogP contribution in [-0.4, -0.2) is 5.11 Å². The molecule has 0 saturated heterocycles. The first kappa shape index (κ1) is 8.20. The molecule has 0 unspecified atom stereocenters. The third kappa shape index (κ3) is 1.17. The minimum Gasteiger partial charge on any atom is -0.385 e. The monoisotopic (exact) mass is 230 g/mol. The maximum Gasteiger partial charge on any atom is 0.143 e. The normalized spacial score (nSPS) is 19.2. The lowest BCUT2D eigenvalue weighted by atomic mass is 10.1. The molecule has 1 N–H and O–H groups in total. The molecule has 1 aliphatic carbocycles. The molecule has 0 spiro atoms. The van der Waals surface area contributed by atoms with Crippen LogP contribution in [0.4, 0.5) is 4.39 Å². The SMILES string of the molecule is OC1(c2cccc(Br)c2F)CC1. The number of benzene rings is 1. The molecular formula is C9H8BrFO. The summed E-state index contributed by atoms with van der Waals surface area (Å²) in [5, 5.41) is 9.64. The van der Waals surface area contributed by atoms with Crippen LogP contribution in [0, 0.1) is 5.82 Å². The van der Waals surface area contributed by atoms with Crippen LogP contribution in [0.3, 0.4) is 0 Å². The largest absolute Gasteiger partial charge is 0.385 e. The van der Waals surface area contributed by atoms with E-state index in [2.05, 4.69) is 15.9 Å². The highest BCUT2D eigenvalue weighted by Crippen LogP contribution is 2.46. The third-order valence-electron chi connectivity index (χ3n) is 2.18. The zero-order valence-electron chi connectivity index (χ0n) is 6.35. The Morgan fingerprint density at radius 3 is 2.67 bits per heavy atom. The fraction of sp³-hybridized carbons (Fsp3) is 0.333. The molecule has 0 amide bonds. The highest BCUT2D eigenvalue weighted by atomic mass is 79.9. The van der Waals surface area contributed by atoms with Crippen molar-refractivity contribution < 1.29 is 9.50 Å². The fourth-order valence-electron chi connectivity index (χ4n) is 1.25. The minimum absolute atomic E-state index is 0.336. The molecule has 0 aromatic heterocycles. The van der Waals surface area contributed by atoms with Gasteiger partial charge in [-0.3, -0.25) is 0 Å². The van der Waals surface area contributed by atoms with Crippen LogP contribution in [-0.2, 0) is 5.60 Å². The number of hydrogen-bond donors (Lipinski definition) is 1. The topological polar surface area (TPSA) is 20.2 Å². The summed E-state index contributed by atoms with van der Waals surface area (Å²) in [5.74, 6) is -0.336. The van der Waals surface area contributed by atoms with E-state index in [1.165, 1.54) is 0 Å². The second-order valence-corrected chi connectivity index (χ2v) is 3.99. The summed E-state index contributed by atoms with van der Waals surface area (Å²) in [4.78, 5) is 0. The van der Waals surface area contributed by atoms with Gasteiger partial charge in [0.1, 0.15) is 5.82 Å². The van der Waals surface area contributed by atoms with Crippen molar-refractivity contribution in [1.29, 1.82) is 0 Å². The maximum atomic E-state index is 13.3. The van der Waals surface area contributed by atoms with E-state index in [0.717, 1.165) is 0 Å². The lowest BCUT2D eigenvalue weighted by molar-refractivity contribution is 0.146. The number of aliphatic hydroxyl groups is 1. The highest BCUT2D eigenvalue weighted by molar-refractivity contribution is 9.10. The van der Waals surface area contributed by atoms with Crippen LogP contribution in [0.2, 0.25) is 0 Å². The molecule has 0 heterocycles. The van der Waals surface area contributed by atoms with Crippen molar-refractivity contribution in [2.24, 2.45) is 0 Å². The minimum atomic E-state index is -0.881. The Balaban J connectivity index is 2.51. The molecular weight excluding hydrogens is 223 g/mol. The van der Waals surface area contributed by atoms with Gasteiger partial charge in [0.2, 0.25) is 0 Å². The summed E-state index contributed by atoms with van der Waals surface area (Å²) in [5.41, 5.74) is -0.467. The van der Waals surface area contributed by atoms with Crippen LogP contribution in [0.15, 0.2) is 22.7 Å². The van der Waals surface area contributed by atoms with Gasteiger partial charge >= 0.3 is 0 Å². The van der Waals surface area contributed by atoms with Gasteiger partial charge in [-0.1, -0.05) is 12.1 Å². The Morgan fingerprint density at radius 1 is 1.42 bits per heavy atom. The van der Waals surface area contributed by atoms with Gasteiger partial charge in [0.15, 0.2) is 0 Å². The van der Waals surface area contributed by atoms with Crippen LogP contribution < -0.4 is 0 Å². The molecule has 0 radical (unpaired) electrons. The summed E-state index contributed by atoms with van der Waals surface area (Å²) < 4.78 is 13.7. The predicted molar refractivity (Wildman–Crippen MR) is 47.2 cm³/mol. The number of hydrogen-bond acceptors (Lipinski definition) is 1. The van der Waals surface area contributed by atoms with Gasteiger partial charge < -0.3 is 5.11 Å². The van der Waals surface area contributed by atoms with Crippen LogP contribution in [0.1, 0.15) is 18.4 Å². The summed E-state index contributed by atoms with van der Waals surface area (Å²) in [6.45, 7) is 0. The Labute approximate surface area is 78.3 Å². The van der Waals surface area contributed by atoms with E-state index in [1.807, 2.05) is 0 Å². The second kappa shape index (κ2) is 2.54. The zero-order valence-corrected chi connectivity index (χ0v) is 7.94. The average molecular weight is 231 g/mol. The quantitative estimate of drug-likeness (QED) is 0.787. The molecule has 64 valence electrons. The molecule has 2 rings (SSSR count). The van der Waals surface area contributed by atoms with E-state index in [1.54, 1.807) is 18.2 Å². The smallest absolute Gasteiger partial charge is 0.143 e. The lowest BCUT2D eigenvalue weighted by Gasteiger charge is -2.09. The van der Waals surface area contributed by atoms with Crippen molar-refractivity contribution in [3.8, 4) is 0 Å². The number of rotatable bonds is 1. The number of halogens is 2. The summed E-state index contributed by atoms with van der Waals surface area (Å²) in [6.07, 6.45) is 1.33.